The minimum absolute atomic E-state index is 0.0307. The van der Waals surface area contributed by atoms with E-state index in [4.69, 9.17) is 5.11 Å². The van der Waals surface area contributed by atoms with E-state index < -0.39 is 17.3 Å². The maximum Gasteiger partial charge on any atom is 0.310 e. The van der Waals surface area contributed by atoms with Crippen molar-refractivity contribution in [3.05, 3.63) is 46.4 Å². The van der Waals surface area contributed by atoms with E-state index in [0.29, 0.717) is 10.2 Å². The highest BCUT2D eigenvalue weighted by Crippen LogP contribution is 2.19. The highest BCUT2D eigenvalue weighted by molar-refractivity contribution is 9.10. The summed E-state index contributed by atoms with van der Waals surface area (Å²) >= 11 is 3.24. The SMILES string of the molecule is CC(C)(CNC(=O)c1nn(-c2ccc(F)cc2)cc1Br)C(=O)O. The smallest absolute Gasteiger partial charge is 0.310 e. The van der Waals surface area contributed by atoms with Gasteiger partial charge in [-0.3, -0.25) is 9.59 Å². The summed E-state index contributed by atoms with van der Waals surface area (Å²) in [5.41, 5.74) is -0.366. The summed E-state index contributed by atoms with van der Waals surface area (Å²) in [4.78, 5) is 23.2. The van der Waals surface area contributed by atoms with Crippen LogP contribution in [0.15, 0.2) is 34.9 Å². The predicted octanol–water partition coefficient (Wildman–Crippen LogP) is 2.61. The number of aromatic nitrogens is 2. The first kappa shape index (κ1) is 17.1. The van der Waals surface area contributed by atoms with Crippen molar-refractivity contribution in [2.24, 2.45) is 5.41 Å². The van der Waals surface area contributed by atoms with Crippen LogP contribution in [0.1, 0.15) is 24.3 Å². The first-order valence-electron chi connectivity index (χ1n) is 6.73. The number of halogens is 2. The molecule has 122 valence electrons. The second kappa shape index (κ2) is 6.49. The summed E-state index contributed by atoms with van der Waals surface area (Å²) in [5.74, 6) is -1.87. The standard InChI is InChI=1S/C15H15BrFN3O3/c1-15(2,14(22)23)8-18-13(21)12-11(16)7-20(19-12)10-5-3-9(17)4-6-10/h3-7H,8H2,1-2H3,(H,18,21)(H,22,23). The van der Waals surface area contributed by atoms with E-state index >= 15 is 0 Å². The van der Waals surface area contributed by atoms with Gasteiger partial charge in [0.1, 0.15) is 5.82 Å². The largest absolute Gasteiger partial charge is 0.481 e. The van der Waals surface area contributed by atoms with Crippen molar-refractivity contribution in [2.75, 3.05) is 6.54 Å². The molecular weight excluding hydrogens is 369 g/mol. The van der Waals surface area contributed by atoms with Crippen molar-refractivity contribution < 1.29 is 19.1 Å². The molecular formula is C15H15BrFN3O3. The van der Waals surface area contributed by atoms with E-state index in [0.717, 1.165) is 0 Å². The third kappa shape index (κ3) is 3.95. The van der Waals surface area contributed by atoms with Crippen LogP contribution in [0.4, 0.5) is 4.39 Å². The zero-order chi connectivity index (χ0) is 17.2. The molecule has 1 heterocycles. The molecule has 6 nitrogen and oxygen atoms in total. The summed E-state index contributed by atoms with van der Waals surface area (Å²) in [6.07, 6.45) is 1.57. The van der Waals surface area contributed by atoms with Gasteiger partial charge in [0.2, 0.25) is 0 Å². The molecule has 2 aromatic rings. The van der Waals surface area contributed by atoms with Gasteiger partial charge in [0, 0.05) is 12.7 Å². The molecule has 0 saturated carbocycles. The summed E-state index contributed by atoms with van der Waals surface area (Å²) in [7, 11) is 0. The lowest BCUT2D eigenvalue weighted by Gasteiger charge is -2.19. The van der Waals surface area contributed by atoms with E-state index in [-0.39, 0.29) is 18.1 Å². The van der Waals surface area contributed by atoms with Gasteiger partial charge in [-0.2, -0.15) is 5.10 Å². The first-order chi connectivity index (χ1) is 10.7. The molecule has 0 aliphatic heterocycles. The van der Waals surface area contributed by atoms with Gasteiger partial charge in [0.25, 0.3) is 5.91 Å². The number of aliphatic carboxylic acids is 1. The van der Waals surface area contributed by atoms with Crippen molar-refractivity contribution in [3.63, 3.8) is 0 Å². The van der Waals surface area contributed by atoms with Crippen LogP contribution >= 0.6 is 15.9 Å². The van der Waals surface area contributed by atoms with Crippen LogP contribution in [-0.2, 0) is 4.79 Å². The highest BCUT2D eigenvalue weighted by Gasteiger charge is 2.28. The number of carbonyl (C=O) groups is 2. The summed E-state index contributed by atoms with van der Waals surface area (Å²) in [6, 6.07) is 5.65. The van der Waals surface area contributed by atoms with Crippen molar-refractivity contribution in [3.8, 4) is 5.69 Å². The molecule has 0 aliphatic carbocycles. The van der Waals surface area contributed by atoms with Crippen LogP contribution in [0.3, 0.4) is 0 Å². The average molecular weight is 384 g/mol. The van der Waals surface area contributed by atoms with Gasteiger partial charge in [-0.25, -0.2) is 9.07 Å². The number of rotatable bonds is 5. The average Bonchev–Trinajstić information content (AvgIpc) is 2.87. The second-order valence-electron chi connectivity index (χ2n) is 5.62. The molecule has 1 aromatic heterocycles. The summed E-state index contributed by atoms with van der Waals surface area (Å²) in [5, 5.41) is 15.7. The molecule has 0 saturated heterocycles. The number of carboxylic acid groups (broad SMARTS) is 1. The number of nitrogens with zero attached hydrogens (tertiary/aromatic N) is 2. The van der Waals surface area contributed by atoms with Crippen LogP contribution in [0.25, 0.3) is 5.69 Å². The van der Waals surface area contributed by atoms with Crippen molar-refractivity contribution in [2.45, 2.75) is 13.8 Å². The normalized spacial score (nSPS) is 11.3. The van der Waals surface area contributed by atoms with E-state index in [2.05, 4.69) is 26.3 Å². The van der Waals surface area contributed by atoms with Gasteiger partial charge in [-0.05, 0) is 54.0 Å². The molecule has 2 N–H and O–H groups in total. The number of hydrogen-bond acceptors (Lipinski definition) is 3. The Morgan fingerprint density at radius 3 is 2.52 bits per heavy atom. The fourth-order valence-corrected chi connectivity index (χ4v) is 2.15. The minimum atomic E-state index is -1.08. The Hall–Kier alpha value is -2.22. The zero-order valence-electron chi connectivity index (χ0n) is 12.5. The Bertz CT molecular complexity index is 741. The van der Waals surface area contributed by atoms with E-state index in [9.17, 15) is 14.0 Å². The molecule has 1 aromatic carbocycles. The molecule has 23 heavy (non-hydrogen) atoms. The molecule has 0 fully saturated rings. The molecule has 0 aliphatic rings. The number of nitrogens with one attached hydrogen (secondary N) is 1. The van der Waals surface area contributed by atoms with Crippen molar-refractivity contribution in [1.82, 2.24) is 15.1 Å². The monoisotopic (exact) mass is 383 g/mol. The molecule has 0 unspecified atom stereocenters. The van der Waals surface area contributed by atoms with Crippen LogP contribution in [-0.4, -0.2) is 33.3 Å². The van der Waals surface area contributed by atoms with Gasteiger partial charge in [0.15, 0.2) is 5.69 Å². The van der Waals surface area contributed by atoms with E-state index in [1.54, 1.807) is 6.20 Å². The van der Waals surface area contributed by atoms with Gasteiger partial charge in [-0.1, -0.05) is 0 Å². The number of benzene rings is 1. The Balaban J connectivity index is 2.16. The van der Waals surface area contributed by atoms with Crippen LogP contribution in [0.5, 0.6) is 0 Å². The summed E-state index contributed by atoms with van der Waals surface area (Å²) < 4.78 is 14.8. The minimum Gasteiger partial charge on any atom is -0.481 e. The Morgan fingerprint density at radius 2 is 1.96 bits per heavy atom. The van der Waals surface area contributed by atoms with Crippen molar-refractivity contribution >= 4 is 27.8 Å². The zero-order valence-corrected chi connectivity index (χ0v) is 14.1. The Labute approximate surface area is 140 Å². The Kier molecular flexibility index (Phi) is 4.84. The van der Waals surface area contributed by atoms with Crippen molar-refractivity contribution in [1.29, 1.82) is 0 Å². The first-order valence-corrected chi connectivity index (χ1v) is 7.53. The number of hydrogen-bond donors (Lipinski definition) is 2. The second-order valence-corrected chi connectivity index (χ2v) is 6.47. The number of carbonyl (C=O) groups excluding carboxylic acids is 1. The highest BCUT2D eigenvalue weighted by atomic mass is 79.9. The van der Waals surface area contributed by atoms with Gasteiger partial charge in [0.05, 0.1) is 15.6 Å². The molecule has 0 radical (unpaired) electrons. The molecule has 8 heteroatoms. The third-order valence-electron chi connectivity index (χ3n) is 3.25. The van der Waals surface area contributed by atoms with Crippen LogP contribution in [0, 0.1) is 11.2 Å². The lowest BCUT2D eigenvalue weighted by molar-refractivity contribution is -0.146. The quantitative estimate of drug-likeness (QED) is 0.830. The maximum absolute atomic E-state index is 12.9. The fourth-order valence-electron chi connectivity index (χ4n) is 1.69. The molecule has 0 atom stereocenters. The maximum atomic E-state index is 12.9. The van der Waals surface area contributed by atoms with Gasteiger partial charge < -0.3 is 10.4 Å². The topological polar surface area (TPSA) is 84.2 Å². The summed E-state index contributed by atoms with van der Waals surface area (Å²) in [6.45, 7) is 3.00. The molecule has 0 bridgehead atoms. The third-order valence-corrected chi connectivity index (χ3v) is 3.83. The van der Waals surface area contributed by atoms with E-state index in [1.807, 2.05) is 0 Å². The predicted molar refractivity (Wildman–Crippen MR) is 85.0 cm³/mol. The van der Waals surface area contributed by atoms with Gasteiger partial charge >= 0.3 is 5.97 Å². The van der Waals surface area contributed by atoms with E-state index in [1.165, 1.54) is 42.8 Å². The fraction of sp³-hybridized carbons (Fsp3) is 0.267. The molecule has 0 spiro atoms. The molecule has 2 rings (SSSR count). The van der Waals surface area contributed by atoms with Crippen LogP contribution < -0.4 is 5.32 Å². The molecule has 1 amide bonds. The van der Waals surface area contributed by atoms with Crippen LogP contribution in [0.2, 0.25) is 0 Å². The lowest BCUT2D eigenvalue weighted by atomic mass is 9.94. The number of amides is 1. The number of carboxylic acids is 1. The Morgan fingerprint density at radius 1 is 1.35 bits per heavy atom. The van der Waals surface area contributed by atoms with Gasteiger partial charge in [-0.15, -0.1) is 0 Å². The lowest BCUT2D eigenvalue weighted by Crippen LogP contribution is -2.39.